The van der Waals surface area contributed by atoms with E-state index < -0.39 is 0 Å². The van der Waals surface area contributed by atoms with Crippen LogP contribution in [0.3, 0.4) is 0 Å². The number of hydrogen-bond donors (Lipinski definition) is 2. The van der Waals surface area contributed by atoms with Crippen molar-refractivity contribution in [3.05, 3.63) is 35.7 Å². The molecule has 0 bridgehead atoms. The van der Waals surface area contributed by atoms with Crippen molar-refractivity contribution in [2.24, 2.45) is 4.99 Å². The number of rotatable bonds is 7. The zero-order valence-electron chi connectivity index (χ0n) is 14.3. The fourth-order valence-electron chi connectivity index (χ4n) is 2.15. The average Bonchev–Trinajstić information content (AvgIpc) is 3.14. The predicted octanol–water partition coefficient (Wildman–Crippen LogP) is 1.57. The van der Waals surface area contributed by atoms with Gasteiger partial charge in [-0.05, 0) is 17.7 Å². The Morgan fingerprint density at radius 3 is 2.25 bits per heavy atom. The van der Waals surface area contributed by atoms with Crippen molar-refractivity contribution in [2.45, 2.75) is 13.1 Å². The Balaban J connectivity index is 2.01. The third kappa shape index (κ3) is 4.31. The number of nitrogens with zero attached hydrogens (tertiary/aromatic N) is 2. The molecule has 1 aromatic carbocycles. The first-order valence-corrected chi connectivity index (χ1v) is 7.34. The molecule has 0 aliphatic heterocycles. The number of guanidine groups is 1. The van der Waals surface area contributed by atoms with Gasteiger partial charge in [0.1, 0.15) is 12.0 Å². The van der Waals surface area contributed by atoms with Gasteiger partial charge in [-0.25, -0.2) is 0 Å². The minimum Gasteiger partial charge on any atom is -0.493 e. The lowest BCUT2D eigenvalue weighted by atomic mass is 10.2. The average molecular weight is 334 g/mol. The van der Waals surface area contributed by atoms with E-state index in [9.17, 15) is 0 Å². The maximum absolute atomic E-state index is 5.35. The lowest BCUT2D eigenvalue weighted by Crippen LogP contribution is -2.36. The van der Waals surface area contributed by atoms with Crippen LogP contribution >= 0.6 is 0 Å². The van der Waals surface area contributed by atoms with Crippen molar-refractivity contribution in [1.29, 1.82) is 0 Å². The molecule has 24 heavy (non-hydrogen) atoms. The lowest BCUT2D eigenvalue weighted by Gasteiger charge is -2.15. The molecule has 2 rings (SSSR count). The van der Waals surface area contributed by atoms with Gasteiger partial charge in [-0.2, -0.15) is 0 Å². The van der Waals surface area contributed by atoms with Crippen LogP contribution in [0.25, 0.3) is 0 Å². The van der Waals surface area contributed by atoms with Gasteiger partial charge in [0, 0.05) is 19.7 Å². The maximum Gasteiger partial charge on any atom is 0.203 e. The van der Waals surface area contributed by atoms with Crippen molar-refractivity contribution in [1.82, 2.24) is 15.8 Å². The smallest absolute Gasteiger partial charge is 0.203 e. The zero-order chi connectivity index (χ0) is 17.4. The molecule has 0 saturated carbocycles. The van der Waals surface area contributed by atoms with Crippen LogP contribution in [0.1, 0.15) is 11.3 Å². The summed E-state index contributed by atoms with van der Waals surface area (Å²) in [4.78, 5) is 4.17. The van der Waals surface area contributed by atoms with Gasteiger partial charge in [-0.3, -0.25) is 4.99 Å². The van der Waals surface area contributed by atoms with Crippen LogP contribution < -0.4 is 24.8 Å². The van der Waals surface area contributed by atoms with E-state index in [1.807, 2.05) is 12.1 Å². The summed E-state index contributed by atoms with van der Waals surface area (Å²) in [7, 11) is 6.46. The predicted molar refractivity (Wildman–Crippen MR) is 89.6 cm³/mol. The first-order valence-electron chi connectivity index (χ1n) is 7.34. The number of aromatic nitrogens is 1. The number of aliphatic imine (C=N–C) groups is 1. The maximum atomic E-state index is 5.35. The van der Waals surface area contributed by atoms with E-state index >= 15 is 0 Å². The summed E-state index contributed by atoms with van der Waals surface area (Å²) < 4.78 is 20.8. The van der Waals surface area contributed by atoms with Gasteiger partial charge in [-0.1, -0.05) is 5.16 Å². The van der Waals surface area contributed by atoms with Crippen LogP contribution in [-0.4, -0.2) is 39.5 Å². The van der Waals surface area contributed by atoms with Crippen LogP contribution in [0.5, 0.6) is 17.2 Å². The molecule has 0 aliphatic carbocycles. The van der Waals surface area contributed by atoms with E-state index in [-0.39, 0.29) is 0 Å². The molecule has 130 valence electrons. The van der Waals surface area contributed by atoms with Crippen molar-refractivity contribution in [2.75, 3.05) is 28.4 Å². The quantitative estimate of drug-likeness (QED) is 0.586. The topological polar surface area (TPSA) is 90.1 Å². The molecule has 0 saturated heterocycles. The minimum atomic E-state index is 0.519. The fourth-order valence-corrected chi connectivity index (χ4v) is 2.15. The van der Waals surface area contributed by atoms with E-state index in [2.05, 4.69) is 20.8 Å². The molecule has 2 N–H and O–H groups in total. The molecule has 0 spiro atoms. The van der Waals surface area contributed by atoms with Gasteiger partial charge in [0.25, 0.3) is 0 Å². The van der Waals surface area contributed by atoms with E-state index in [0.29, 0.717) is 36.3 Å². The van der Waals surface area contributed by atoms with Gasteiger partial charge in [-0.15, -0.1) is 0 Å². The number of hydrogen-bond acceptors (Lipinski definition) is 6. The van der Waals surface area contributed by atoms with Crippen LogP contribution in [0, 0.1) is 0 Å². The largest absolute Gasteiger partial charge is 0.493 e. The Labute approximate surface area is 140 Å². The van der Waals surface area contributed by atoms with E-state index in [1.165, 1.54) is 6.26 Å². The van der Waals surface area contributed by atoms with Crippen molar-refractivity contribution < 1.29 is 18.7 Å². The van der Waals surface area contributed by atoms with E-state index in [4.69, 9.17) is 18.7 Å². The molecule has 8 nitrogen and oxygen atoms in total. The first kappa shape index (κ1) is 17.5. The molecule has 0 unspecified atom stereocenters. The zero-order valence-corrected chi connectivity index (χ0v) is 14.3. The van der Waals surface area contributed by atoms with Gasteiger partial charge >= 0.3 is 0 Å². The van der Waals surface area contributed by atoms with Crippen LogP contribution in [0.15, 0.2) is 34.0 Å². The second kappa shape index (κ2) is 8.66. The summed E-state index contributed by atoms with van der Waals surface area (Å²) in [5.74, 6) is 2.43. The summed E-state index contributed by atoms with van der Waals surface area (Å²) in [5.41, 5.74) is 1.76. The summed E-state index contributed by atoms with van der Waals surface area (Å²) in [5, 5.41) is 10.2. The number of ether oxygens (including phenoxy) is 3. The molecule has 0 aliphatic rings. The molecule has 0 fully saturated rings. The number of nitrogens with one attached hydrogen (secondary N) is 2. The Kier molecular flexibility index (Phi) is 6.30. The highest BCUT2D eigenvalue weighted by atomic mass is 16.5. The summed E-state index contributed by atoms with van der Waals surface area (Å²) in [6.07, 6.45) is 1.53. The van der Waals surface area contributed by atoms with Crippen LogP contribution in [0.4, 0.5) is 0 Å². The highest BCUT2D eigenvalue weighted by Gasteiger charge is 2.13. The van der Waals surface area contributed by atoms with Crippen molar-refractivity contribution >= 4 is 5.96 Å². The van der Waals surface area contributed by atoms with Crippen molar-refractivity contribution in [3.8, 4) is 17.2 Å². The molecule has 8 heteroatoms. The molecular formula is C16H22N4O4. The molecule has 1 aromatic heterocycles. The van der Waals surface area contributed by atoms with Gasteiger partial charge < -0.3 is 29.4 Å². The molecule has 2 aromatic rings. The summed E-state index contributed by atoms with van der Waals surface area (Å²) in [6.45, 7) is 1.06. The lowest BCUT2D eigenvalue weighted by molar-refractivity contribution is 0.323. The van der Waals surface area contributed by atoms with E-state index in [0.717, 1.165) is 11.3 Å². The molecular weight excluding hydrogens is 312 g/mol. The van der Waals surface area contributed by atoms with Gasteiger partial charge in [0.15, 0.2) is 17.5 Å². The molecule has 1 heterocycles. The molecule has 0 amide bonds. The summed E-state index contributed by atoms with van der Waals surface area (Å²) in [6, 6.07) is 5.57. The fraction of sp³-hybridized carbons (Fsp3) is 0.375. The Bertz CT molecular complexity index is 646. The third-order valence-electron chi connectivity index (χ3n) is 3.34. The standard InChI is InChI=1S/C16H22N4O4/c1-17-16(19-10-12-5-6-24-20-12)18-9-11-7-13(21-2)15(23-4)14(8-11)22-3/h5-8H,9-10H2,1-4H3,(H2,17,18,19). The first-order chi connectivity index (χ1) is 11.7. The van der Waals surface area contributed by atoms with Crippen LogP contribution in [0.2, 0.25) is 0 Å². The minimum absolute atomic E-state index is 0.519. The Morgan fingerprint density at radius 1 is 1.08 bits per heavy atom. The summed E-state index contributed by atoms with van der Waals surface area (Å²) >= 11 is 0. The normalized spacial score (nSPS) is 11.1. The second-order valence-corrected chi connectivity index (χ2v) is 4.80. The van der Waals surface area contributed by atoms with E-state index in [1.54, 1.807) is 34.4 Å². The van der Waals surface area contributed by atoms with Gasteiger partial charge in [0.05, 0.1) is 27.9 Å². The van der Waals surface area contributed by atoms with Crippen molar-refractivity contribution in [3.63, 3.8) is 0 Å². The molecule has 0 atom stereocenters. The van der Waals surface area contributed by atoms with Gasteiger partial charge in [0.2, 0.25) is 5.75 Å². The third-order valence-corrected chi connectivity index (χ3v) is 3.34. The Morgan fingerprint density at radius 2 is 1.75 bits per heavy atom. The monoisotopic (exact) mass is 334 g/mol. The highest BCUT2D eigenvalue weighted by Crippen LogP contribution is 2.38. The van der Waals surface area contributed by atoms with Crippen LogP contribution in [-0.2, 0) is 13.1 Å². The SMILES string of the molecule is CN=C(NCc1cc(OC)c(OC)c(OC)c1)NCc1ccon1. The number of methoxy groups -OCH3 is 3. The molecule has 0 radical (unpaired) electrons. The second-order valence-electron chi connectivity index (χ2n) is 4.80. The number of benzene rings is 1. The Hall–Kier alpha value is -2.90. The highest BCUT2D eigenvalue weighted by molar-refractivity contribution is 5.79.